The van der Waals surface area contributed by atoms with Crippen LogP contribution in [-0.2, 0) is 0 Å². The predicted molar refractivity (Wildman–Crippen MR) is 63.0 cm³/mol. The molecule has 2 N–H and O–H groups in total. The van der Waals surface area contributed by atoms with Crippen LogP contribution in [-0.4, -0.2) is 0 Å². The van der Waals surface area contributed by atoms with Gasteiger partial charge in [0.05, 0.1) is 0 Å². The van der Waals surface area contributed by atoms with Gasteiger partial charge in [-0.15, -0.1) is 11.3 Å². The summed E-state index contributed by atoms with van der Waals surface area (Å²) in [4.78, 5) is 1.22. The van der Waals surface area contributed by atoms with Crippen molar-refractivity contribution < 1.29 is 0 Å². The average molecular weight is 260 g/mol. The van der Waals surface area contributed by atoms with Crippen molar-refractivity contribution in [3.63, 3.8) is 0 Å². The first-order chi connectivity index (χ1) is 6.15. The molecule has 0 saturated carbocycles. The Bertz CT molecular complexity index is 293. The van der Waals surface area contributed by atoms with Crippen LogP contribution in [0.4, 0.5) is 0 Å². The Kier molecular flexibility index (Phi) is 4.16. The van der Waals surface area contributed by atoms with Gasteiger partial charge in [0.25, 0.3) is 0 Å². The van der Waals surface area contributed by atoms with Gasteiger partial charge in [-0.25, -0.2) is 0 Å². The summed E-state index contributed by atoms with van der Waals surface area (Å²) in [5.74, 6) is 0. The highest BCUT2D eigenvalue weighted by atomic mass is 79.9. The van der Waals surface area contributed by atoms with Crippen molar-refractivity contribution in [1.29, 1.82) is 0 Å². The van der Waals surface area contributed by atoms with Crippen molar-refractivity contribution >= 4 is 27.3 Å². The molecule has 1 unspecified atom stereocenters. The van der Waals surface area contributed by atoms with E-state index >= 15 is 0 Å². The molecule has 1 nitrogen and oxygen atoms in total. The zero-order valence-corrected chi connectivity index (χ0v) is 10.1. The molecule has 1 atom stereocenters. The van der Waals surface area contributed by atoms with Crippen LogP contribution in [0.15, 0.2) is 28.1 Å². The van der Waals surface area contributed by atoms with Crippen LogP contribution in [0.25, 0.3) is 0 Å². The van der Waals surface area contributed by atoms with Crippen molar-refractivity contribution in [2.24, 2.45) is 5.73 Å². The number of halogens is 1. The maximum Gasteiger partial charge on any atom is 0.0438 e. The van der Waals surface area contributed by atoms with Crippen LogP contribution in [0.3, 0.4) is 0 Å². The summed E-state index contributed by atoms with van der Waals surface area (Å²) in [5, 5.41) is 2.05. The highest BCUT2D eigenvalue weighted by Gasteiger charge is 2.11. The molecule has 0 aromatic carbocycles. The van der Waals surface area contributed by atoms with Crippen molar-refractivity contribution in [3.05, 3.63) is 32.9 Å². The van der Waals surface area contributed by atoms with Gasteiger partial charge in [-0.2, -0.15) is 0 Å². The van der Waals surface area contributed by atoms with Gasteiger partial charge >= 0.3 is 0 Å². The van der Waals surface area contributed by atoms with E-state index in [-0.39, 0.29) is 6.04 Å². The number of nitrogens with two attached hydrogens (primary N) is 1. The van der Waals surface area contributed by atoms with E-state index in [1.165, 1.54) is 10.5 Å². The third-order valence-electron chi connectivity index (χ3n) is 1.99. The van der Waals surface area contributed by atoms with E-state index in [2.05, 4.69) is 29.4 Å². The lowest BCUT2D eigenvalue weighted by atomic mass is 10.1. The van der Waals surface area contributed by atoms with Gasteiger partial charge in [0.2, 0.25) is 0 Å². The van der Waals surface area contributed by atoms with Crippen molar-refractivity contribution in [3.8, 4) is 0 Å². The molecule has 1 rings (SSSR count). The Balaban J connectivity index is 2.63. The zero-order chi connectivity index (χ0) is 9.84. The average Bonchev–Trinajstić information content (AvgIpc) is 2.51. The van der Waals surface area contributed by atoms with E-state index in [1.807, 2.05) is 11.4 Å². The summed E-state index contributed by atoms with van der Waals surface area (Å²) < 4.78 is 1.12. The Hall–Kier alpha value is -0.120. The number of rotatable bonds is 4. The maximum absolute atomic E-state index is 6.04. The second-order valence-corrected chi connectivity index (χ2v) is 4.85. The normalized spacial score (nSPS) is 12.8. The molecule has 0 saturated heterocycles. The molecule has 0 aliphatic carbocycles. The van der Waals surface area contributed by atoms with Crippen LogP contribution in [0, 0.1) is 0 Å². The summed E-state index contributed by atoms with van der Waals surface area (Å²) in [6, 6.07) is 2.14. The van der Waals surface area contributed by atoms with Crippen LogP contribution in [0.5, 0.6) is 0 Å². The van der Waals surface area contributed by atoms with E-state index in [0.717, 1.165) is 17.3 Å². The fourth-order valence-corrected chi connectivity index (χ4v) is 2.79. The molecule has 0 fully saturated rings. The fraction of sp³-hybridized carbons (Fsp3) is 0.400. The summed E-state index contributed by atoms with van der Waals surface area (Å²) >= 11 is 5.18. The molecule has 1 aromatic rings. The minimum Gasteiger partial charge on any atom is -0.323 e. The first-order valence-corrected chi connectivity index (χ1v) is 5.97. The van der Waals surface area contributed by atoms with Crippen molar-refractivity contribution in [2.45, 2.75) is 25.8 Å². The molecular formula is C10H14BrNS. The van der Waals surface area contributed by atoms with Crippen LogP contribution in [0.1, 0.15) is 30.7 Å². The molecule has 0 bridgehead atoms. The van der Waals surface area contributed by atoms with Crippen LogP contribution in [0.2, 0.25) is 0 Å². The largest absolute Gasteiger partial charge is 0.323 e. The third-order valence-corrected chi connectivity index (χ3v) is 3.99. The quantitative estimate of drug-likeness (QED) is 0.817. The minimum absolute atomic E-state index is 0.0989. The fourth-order valence-electron chi connectivity index (χ4n) is 1.12. The molecule has 0 radical (unpaired) electrons. The molecule has 0 amide bonds. The van der Waals surface area contributed by atoms with Crippen LogP contribution >= 0.6 is 27.3 Å². The van der Waals surface area contributed by atoms with Gasteiger partial charge in [0.1, 0.15) is 0 Å². The molecule has 0 aliphatic rings. The van der Waals surface area contributed by atoms with Gasteiger partial charge < -0.3 is 5.73 Å². The van der Waals surface area contributed by atoms with Gasteiger partial charge in [-0.3, -0.25) is 0 Å². The van der Waals surface area contributed by atoms with Crippen molar-refractivity contribution in [2.75, 3.05) is 0 Å². The van der Waals surface area contributed by atoms with Crippen LogP contribution < -0.4 is 5.73 Å². The predicted octanol–water partition coefficient (Wildman–Crippen LogP) is 3.87. The van der Waals surface area contributed by atoms with Gasteiger partial charge in [-0.05, 0) is 40.2 Å². The minimum atomic E-state index is 0.0989. The Labute approximate surface area is 91.8 Å². The third kappa shape index (κ3) is 2.93. The second kappa shape index (κ2) is 4.94. The SMILES string of the molecule is C=C(CC)CC(N)c1sccc1Br. The zero-order valence-electron chi connectivity index (χ0n) is 7.72. The van der Waals surface area contributed by atoms with Gasteiger partial charge in [0, 0.05) is 15.4 Å². The Morgan fingerprint density at radius 1 is 1.77 bits per heavy atom. The van der Waals surface area contributed by atoms with E-state index in [9.17, 15) is 0 Å². The monoisotopic (exact) mass is 259 g/mol. The highest BCUT2D eigenvalue weighted by Crippen LogP contribution is 2.30. The summed E-state index contributed by atoms with van der Waals surface area (Å²) in [5.41, 5.74) is 7.25. The highest BCUT2D eigenvalue weighted by molar-refractivity contribution is 9.10. The lowest BCUT2D eigenvalue weighted by Crippen LogP contribution is -2.09. The topological polar surface area (TPSA) is 26.0 Å². The van der Waals surface area contributed by atoms with Crippen molar-refractivity contribution in [1.82, 2.24) is 0 Å². The standard InChI is InChI=1S/C10H14BrNS/c1-3-7(2)6-9(12)10-8(11)4-5-13-10/h4-5,9H,2-3,6,12H2,1H3. The number of hydrogen-bond donors (Lipinski definition) is 1. The van der Waals surface area contributed by atoms with Gasteiger partial charge in [0.15, 0.2) is 0 Å². The number of hydrogen-bond acceptors (Lipinski definition) is 2. The van der Waals surface area contributed by atoms with E-state index in [4.69, 9.17) is 5.73 Å². The molecule has 1 heterocycles. The Morgan fingerprint density at radius 2 is 2.46 bits per heavy atom. The molecule has 13 heavy (non-hydrogen) atoms. The maximum atomic E-state index is 6.04. The molecule has 1 aromatic heterocycles. The molecule has 0 spiro atoms. The molecule has 0 aliphatic heterocycles. The molecular weight excluding hydrogens is 246 g/mol. The Morgan fingerprint density at radius 3 is 2.92 bits per heavy atom. The second-order valence-electron chi connectivity index (χ2n) is 3.05. The first-order valence-electron chi connectivity index (χ1n) is 4.30. The summed E-state index contributed by atoms with van der Waals surface area (Å²) in [6.07, 6.45) is 1.90. The van der Waals surface area contributed by atoms with E-state index in [1.54, 1.807) is 11.3 Å². The summed E-state index contributed by atoms with van der Waals surface area (Å²) in [6.45, 7) is 6.07. The lowest BCUT2D eigenvalue weighted by Gasteiger charge is -2.11. The molecule has 3 heteroatoms. The van der Waals surface area contributed by atoms with E-state index < -0.39 is 0 Å². The smallest absolute Gasteiger partial charge is 0.0438 e. The lowest BCUT2D eigenvalue weighted by molar-refractivity contribution is 0.711. The first kappa shape index (κ1) is 11.0. The number of thiophene rings is 1. The molecule has 72 valence electrons. The van der Waals surface area contributed by atoms with E-state index in [0.29, 0.717) is 0 Å². The van der Waals surface area contributed by atoms with Gasteiger partial charge in [-0.1, -0.05) is 19.1 Å². The summed E-state index contributed by atoms with van der Waals surface area (Å²) in [7, 11) is 0.